The van der Waals surface area contributed by atoms with E-state index in [9.17, 15) is 9.90 Å². The topological polar surface area (TPSA) is 52.6 Å². The monoisotopic (exact) mass is 262 g/mol. The summed E-state index contributed by atoms with van der Waals surface area (Å²) in [6, 6.07) is 7.55. The second kappa shape index (κ2) is 6.06. The summed E-state index contributed by atoms with van der Waals surface area (Å²) in [4.78, 5) is 14.1. The van der Waals surface area contributed by atoms with Gasteiger partial charge in [-0.05, 0) is 31.0 Å². The quantitative estimate of drug-likeness (QED) is 0.876. The Morgan fingerprint density at radius 3 is 2.63 bits per heavy atom. The van der Waals surface area contributed by atoms with Crippen LogP contribution < -0.4 is 5.32 Å². The van der Waals surface area contributed by atoms with Crippen molar-refractivity contribution in [1.82, 2.24) is 10.2 Å². The lowest BCUT2D eigenvalue weighted by Gasteiger charge is -2.33. The number of hydrogen-bond donors (Lipinski definition) is 2. The van der Waals surface area contributed by atoms with Crippen LogP contribution in [0.15, 0.2) is 24.3 Å². The Morgan fingerprint density at radius 2 is 2.05 bits per heavy atom. The molecule has 1 fully saturated rings. The first kappa shape index (κ1) is 13.9. The molecule has 0 unspecified atom stereocenters. The zero-order valence-electron chi connectivity index (χ0n) is 11.6. The number of carbonyl (C=O) groups is 1. The van der Waals surface area contributed by atoms with Gasteiger partial charge in [-0.15, -0.1) is 0 Å². The maximum atomic E-state index is 12.3. The summed E-state index contributed by atoms with van der Waals surface area (Å²) in [5.41, 5.74) is 0.565. The zero-order chi connectivity index (χ0) is 13.8. The minimum Gasteiger partial charge on any atom is -0.508 e. The smallest absolute Gasteiger partial charge is 0.253 e. The van der Waals surface area contributed by atoms with Crippen LogP contribution in [0.1, 0.15) is 37.0 Å². The van der Waals surface area contributed by atoms with Crippen molar-refractivity contribution >= 4 is 5.91 Å². The fourth-order valence-corrected chi connectivity index (χ4v) is 2.54. The molecule has 104 valence electrons. The zero-order valence-corrected chi connectivity index (χ0v) is 11.6. The van der Waals surface area contributed by atoms with E-state index >= 15 is 0 Å². The van der Waals surface area contributed by atoms with Crippen LogP contribution in [0, 0.1) is 0 Å². The van der Waals surface area contributed by atoms with Gasteiger partial charge in [0.15, 0.2) is 0 Å². The molecule has 1 aliphatic heterocycles. The summed E-state index contributed by atoms with van der Waals surface area (Å²) in [6.07, 6.45) is 1.98. The van der Waals surface area contributed by atoms with Crippen LogP contribution in [0.25, 0.3) is 0 Å². The van der Waals surface area contributed by atoms with E-state index in [2.05, 4.69) is 19.2 Å². The lowest BCUT2D eigenvalue weighted by molar-refractivity contribution is 0.0702. The molecule has 0 radical (unpaired) electrons. The first-order chi connectivity index (χ1) is 9.06. The largest absolute Gasteiger partial charge is 0.508 e. The average Bonchev–Trinajstić information content (AvgIpc) is 2.38. The molecule has 1 amide bonds. The van der Waals surface area contributed by atoms with Crippen molar-refractivity contribution in [2.24, 2.45) is 0 Å². The lowest BCUT2D eigenvalue weighted by Crippen LogP contribution is -2.46. The minimum atomic E-state index is 0.0129. The number of piperidine rings is 1. The van der Waals surface area contributed by atoms with Crippen LogP contribution in [0.3, 0.4) is 0 Å². The lowest BCUT2D eigenvalue weighted by atomic mass is 10.0. The molecular formula is C15H22N2O2. The van der Waals surface area contributed by atoms with E-state index < -0.39 is 0 Å². The highest BCUT2D eigenvalue weighted by molar-refractivity contribution is 5.94. The standard InChI is InChI=1S/C15H22N2O2/c1-11(2)16-13-6-8-17(9-7-13)15(19)12-4-3-5-14(18)10-12/h3-5,10-11,13,16,18H,6-9H2,1-2H3. The van der Waals surface area contributed by atoms with Gasteiger partial charge in [-0.3, -0.25) is 4.79 Å². The minimum absolute atomic E-state index is 0.0129. The number of carbonyl (C=O) groups excluding carboxylic acids is 1. The van der Waals surface area contributed by atoms with E-state index in [0.717, 1.165) is 25.9 Å². The third kappa shape index (κ3) is 3.70. The molecule has 0 aromatic heterocycles. The Kier molecular flexibility index (Phi) is 4.43. The first-order valence-electron chi connectivity index (χ1n) is 6.90. The molecule has 1 aromatic carbocycles. The number of benzene rings is 1. The first-order valence-corrected chi connectivity index (χ1v) is 6.90. The van der Waals surface area contributed by atoms with Crippen molar-refractivity contribution in [3.63, 3.8) is 0 Å². The number of phenols is 1. The Labute approximate surface area is 114 Å². The van der Waals surface area contributed by atoms with Crippen LogP contribution in [0.2, 0.25) is 0 Å². The molecule has 2 rings (SSSR count). The van der Waals surface area contributed by atoms with Gasteiger partial charge in [-0.2, -0.15) is 0 Å². The number of amides is 1. The third-order valence-corrected chi connectivity index (χ3v) is 3.44. The van der Waals surface area contributed by atoms with Crippen LogP contribution in [0.4, 0.5) is 0 Å². The molecule has 0 aliphatic carbocycles. The average molecular weight is 262 g/mol. The van der Waals surface area contributed by atoms with E-state index in [-0.39, 0.29) is 11.7 Å². The number of likely N-dealkylation sites (tertiary alicyclic amines) is 1. The van der Waals surface area contributed by atoms with Crippen molar-refractivity contribution in [2.45, 2.75) is 38.8 Å². The van der Waals surface area contributed by atoms with Gasteiger partial charge in [0.1, 0.15) is 5.75 Å². The van der Waals surface area contributed by atoms with E-state index in [0.29, 0.717) is 17.6 Å². The van der Waals surface area contributed by atoms with Crippen molar-refractivity contribution in [2.75, 3.05) is 13.1 Å². The highest BCUT2D eigenvalue weighted by atomic mass is 16.3. The Balaban J connectivity index is 1.92. The third-order valence-electron chi connectivity index (χ3n) is 3.44. The summed E-state index contributed by atoms with van der Waals surface area (Å²) >= 11 is 0. The number of hydrogen-bond acceptors (Lipinski definition) is 3. The Bertz CT molecular complexity index is 438. The predicted octanol–water partition coefficient (Wildman–Crippen LogP) is 1.99. The van der Waals surface area contributed by atoms with E-state index in [1.165, 1.54) is 6.07 Å². The van der Waals surface area contributed by atoms with Crippen LogP contribution in [0.5, 0.6) is 5.75 Å². The van der Waals surface area contributed by atoms with Crippen molar-refractivity contribution in [3.05, 3.63) is 29.8 Å². The molecule has 0 bridgehead atoms. The summed E-state index contributed by atoms with van der Waals surface area (Å²) in [6.45, 7) is 5.84. The molecule has 1 heterocycles. The summed E-state index contributed by atoms with van der Waals surface area (Å²) < 4.78 is 0. The normalized spacial score (nSPS) is 16.9. The maximum Gasteiger partial charge on any atom is 0.253 e. The second-order valence-corrected chi connectivity index (χ2v) is 5.44. The summed E-state index contributed by atoms with van der Waals surface area (Å²) in [5.74, 6) is 0.154. The fraction of sp³-hybridized carbons (Fsp3) is 0.533. The van der Waals surface area contributed by atoms with Crippen LogP contribution in [-0.4, -0.2) is 41.1 Å². The van der Waals surface area contributed by atoms with Crippen molar-refractivity contribution < 1.29 is 9.90 Å². The van der Waals surface area contributed by atoms with Gasteiger partial charge in [-0.25, -0.2) is 0 Å². The second-order valence-electron chi connectivity index (χ2n) is 5.44. The molecule has 2 N–H and O–H groups in total. The summed E-state index contributed by atoms with van der Waals surface area (Å²) in [5, 5.41) is 12.9. The molecule has 1 aromatic rings. The van der Waals surface area contributed by atoms with Gasteiger partial charge >= 0.3 is 0 Å². The van der Waals surface area contributed by atoms with Gasteiger partial charge in [0, 0.05) is 30.7 Å². The van der Waals surface area contributed by atoms with Gasteiger partial charge < -0.3 is 15.3 Å². The SMILES string of the molecule is CC(C)NC1CCN(C(=O)c2cccc(O)c2)CC1. The number of nitrogens with zero attached hydrogens (tertiary/aromatic N) is 1. The van der Waals surface area contributed by atoms with Crippen LogP contribution in [-0.2, 0) is 0 Å². The van der Waals surface area contributed by atoms with E-state index in [4.69, 9.17) is 0 Å². The Hall–Kier alpha value is -1.55. The number of phenolic OH excluding ortho intramolecular Hbond substituents is 1. The summed E-state index contributed by atoms with van der Waals surface area (Å²) in [7, 11) is 0. The van der Waals surface area contributed by atoms with Gasteiger partial charge in [0.2, 0.25) is 0 Å². The number of aromatic hydroxyl groups is 1. The maximum absolute atomic E-state index is 12.3. The van der Waals surface area contributed by atoms with Gasteiger partial charge in [-0.1, -0.05) is 19.9 Å². The Morgan fingerprint density at radius 1 is 1.37 bits per heavy atom. The van der Waals surface area contributed by atoms with E-state index in [1.54, 1.807) is 18.2 Å². The van der Waals surface area contributed by atoms with Crippen molar-refractivity contribution in [1.29, 1.82) is 0 Å². The molecule has 0 atom stereocenters. The van der Waals surface area contributed by atoms with E-state index in [1.807, 2.05) is 4.90 Å². The highest BCUT2D eigenvalue weighted by Gasteiger charge is 2.23. The molecule has 0 spiro atoms. The molecule has 0 saturated carbocycles. The molecule has 4 heteroatoms. The van der Waals surface area contributed by atoms with Crippen molar-refractivity contribution in [3.8, 4) is 5.75 Å². The number of rotatable bonds is 3. The molecule has 1 saturated heterocycles. The predicted molar refractivity (Wildman–Crippen MR) is 75.3 cm³/mol. The molecule has 19 heavy (non-hydrogen) atoms. The highest BCUT2D eigenvalue weighted by Crippen LogP contribution is 2.17. The van der Waals surface area contributed by atoms with Gasteiger partial charge in [0.05, 0.1) is 0 Å². The van der Waals surface area contributed by atoms with Gasteiger partial charge in [0.25, 0.3) is 5.91 Å². The number of nitrogens with one attached hydrogen (secondary N) is 1. The molecule has 1 aliphatic rings. The van der Waals surface area contributed by atoms with Crippen LogP contribution >= 0.6 is 0 Å². The molecular weight excluding hydrogens is 240 g/mol. The fourth-order valence-electron chi connectivity index (χ4n) is 2.54. The molecule has 4 nitrogen and oxygen atoms in total.